The Morgan fingerprint density at radius 3 is 2.61 bits per heavy atom. The van der Waals surface area contributed by atoms with Crippen LogP contribution in [0.25, 0.3) is 0 Å². The topological polar surface area (TPSA) is 93.4 Å². The predicted molar refractivity (Wildman–Crippen MR) is 100.0 cm³/mol. The second-order valence-corrected chi connectivity index (χ2v) is 13.9. The van der Waals surface area contributed by atoms with Gasteiger partial charge in [0, 0.05) is 26.8 Å². The Morgan fingerprint density at radius 1 is 1.39 bits per heavy atom. The molecule has 1 aromatic rings. The minimum Gasteiger partial charge on any atom is -0.481 e. The fourth-order valence-electron chi connectivity index (χ4n) is 2.97. The van der Waals surface area contributed by atoms with Crippen molar-refractivity contribution >= 4 is 19.9 Å². The number of aliphatic carboxylic acids is 1. The van der Waals surface area contributed by atoms with Crippen LogP contribution < -0.4 is 10.9 Å². The van der Waals surface area contributed by atoms with Crippen LogP contribution in [0.1, 0.15) is 24.8 Å². The van der Waals surface area contributed by atoms with Gasteiger partial charge in [0.25, 0.3) is 5.56 Å². The molecule has 0 saturated heterocycles. The molecule has 1 aromatic heterocycles. The molecule has 0 radical (unpaired) electrons. The van der Waals surface area contributed by atoms with Crippen LogP contribution in [0.5, 0.6) is 0 Å². The maximum atomic E-state index is 13.3. The number of aromatic nitrogens is 2. The molecule has 0 bridgehead atoms. The summed E-state index contributed by atoms with van der Waals surface area (Å²) in [5, 5.41) is 15.6. The van der Waals surface area contributed by atoms with E-state index in [-0.39, 0.29) is 13.2 Å². The second-order valence-electron chi connectivity index (χ2n) is 8.28. The summed E-state index contributed by atoms with van der Waals surface area (Å²) < 4.78 is 46.3. The number of carbonyl (C=O) groups is 1. The summed E-state index contributed by atoms with van der Waals surface area (Å²) in [4.78, 5) is 23.1. The van der Waals surface area contributed by atoms with E-state index < -0.39 is 49.1 Å². The first kappa shape index (κ1) is 22.4. The largest absolute Gasteiger partial charge is 0.481 e. The van der Waals surface area contributed by atoms with Crippen molar-refractivity contribution in [3.8, 4) is 0 Å². The van der Waals surface area contributed by atoms with Gasteiger partial charge in [-0.25, -0.2) is 4.68 Å². The molecule has 158 valence electrons. The Morgan fingerprint density at radius 2 is 2.07 bits per heavy atom. The highest BCUT2D eigenvalue weighted by Gasteiger charge is 2.37. The maximum absolute atomic E-state index is 13.3. The van der Waals surface area contributed by atoms with Crippen molar-refractivity contribution in [3.63, 3.8) is 0 Å². The highest BCUT2D eigenvalue weighted by atomic mass is 28.3. The molecule has 1 fully saturated rings. The first-order chi connectivity index (χ1) is 12.9. The summed E-state index contributed by atoms with van der Waals surface area (Å²) in [7, 11) is -1.34. The number of ether oxygens (including phenoxy) is 1. The molecule has 2 N–H and O–H groups in total. The van der Waals surface area contributed by atoms with E-state index in [1.165, 1.54) is 0 Å². The van der Waals surface area contributed by atoms with Gasteiger partial charge in [0.15, 0.2) is 5.82 Å². The fraction of sp³-hybridized carbons (Fsp3) is 0.706. The van der Waals surface area contributed by atoms with Gasteiger partial charge in [-0.15, -0.1) is 5.10 Å². The van der Waals surface area contributed by atoms with E-state index in [1.54, 1.807) is 0 Å². The van der Waals surface area contributed by atoms with Crippen LogP contribution in [0.4, 0.5) is 19.0 Å². The third-order valence-electron chi connectivity index (χ3n) is 4.64. The summed E-state index contributed by atoms with van der Waals surface area (Å²) in [6.07, 6.45) is -3.74. The van der Waals surface area contributed by atoms with Crippen molar-refractivity contribution in [1.82, 2.24) is 9.78 Å². The van der Waals surface area contributed by atoms with Crippen molar-refractivity contribution in [2.24, 2.45) is 5.92 Å². The first-order valence-corrected chi connectivity index (χ1v) is 12.8. The average molecular weight is 421 g/mol. The SMILES string of the molecule is C[Si](C)(C)CCOCn1nc(N[C@H]2CC[C@H](C(=O)O)C2)c(C(F)(F)F)cc1=O. The lowest BCUT2D eigenvalue weighted by molar-refractivity contribution is -0.141. The molecule has 7 nitrogen and oxygen atoms in total. The zero-order valence-corrected chi connectivity index (χ0v) is 17.2. The number of alkyl halides is 3. The number of nitrogens with one attached hydrogen (secondary N) is 1. The number of rotatable bonds is 8. The quantitative estimate of drug-likeness (QED) is 0.494. The molecule has 0 aliphatic heterocycles. The number of anilines is 1. The van der Waals surface area contributed by atoms with Gasteiger partial charge in [-0.1, -0.05) is 19.6 Å². The van der Waals surface area contributed by atoms with Crippen LogP contribution in [0.2, 0.25) is 25.7 Å². The molecule has 28 heavy (non-hydrogen) atoms. The highest BCUT2D eigenvalue weighted by molar-refractivity contribution is 6.76. The van der Waals surface area contributed by atoms with Crippen LogP contribution in [0, 0.1) is 5.92 Å². The molecule has 1 aliphatic rings. The normalized spacial score (nSPS) is 20.4. The summed E-state index contributed by atoms with van der Waals surface area (Å²) in [5.41, 5.74) is -2.06. The monoisotopic (exact) mass is 421 g/mol. The molecule has 1 saturated carbocycles. The smallest absolute Gasteiger partial charge is 0.420 e. The lowest BCUT2D eigenvalue weighted by atomic mass is 10.1. The van der Waals surface area contributed by atoms with Crippen molar-refractivity contribution in [3.05, 3.63) is 22.0 Å². The van der Waals surface area contributed by atoms with Crippen LogP contribution in [-0.2, 0) is 22.4 Å². The number of carboxylic acid groups (broad SMARTS) is 1. The van der Waals surface area contributed by atoms with Crippen molar-refractivity contribution in [2.75, 3.05) is 11.9 Å². The molecule has 0 unspecified atom stereocenters. The summed E-state index contributed by atoms with van der Waals surface area (Å²) in [5.74, 6) is -2.03. The van der Waals surface area contributed by atoms with E-state index in [4.69, 9.17) is 9.84 Å². The van der Waals surface area contributed by atoms with Gasteiger partial charge in [0.2, 0.25) is 0 Å². The molecule has 0 spiro atoms. The Labute approximate surface area is 161 Å². The lowest BCUT2D eigenvalue weighted by Gasteiger charge is -2.19. The minimum atomic E-state index is -4.75. The minimum absolute atomic E-state index is 0.208. The highest BCUT2D eigenvalue weighted by Crippen LogP contribution is 2.35. The predicted octanol–water partition coefficient (Wildman–Crippen LogP) is 3.24. The van der Waals surface area contributed by atoms with Crippen LogP contribution in [0.3, 0.4) is 0 Å². The van der Waals surface area contributed by atoms with E-state index >= 15 is 0 Å². The van der Waals surface area contributed by atoms with Crippen molar-refractivity contribution in [1.29, 1.82) is 0 Å². The number of hydrogen-bond donors (Lipinski definition) is 2. The molecule has 1 heterocycles. The molecule has 2 atom stereocenters. The van der Waals surface area contributed by atoms with Gasteiger partial charge >= 0.3 is 12.1 Å². The van der Waals surface area contributed by atoms with E-state index in [0.717, 1.165) is 10.7 Å². The number of nitrogens with zero attached hydrogens (tertiary/aromatic N) is 2. The lowest BCUT2D eigenvalue weighted by Crippen LogP contribution is -2.30. The summed E-state index contributed by atoms with van der Waals surface area (Å²) in [6, 6.07) is 0.904. The Hall–Kier alpha value is -1.88. The van der Waals surface area contributed by atoms with Gasteiger partial charge < -0.3 is 15.2 Å². The molecule has 1 aliphatic carbocycles. The summed E-state index contributed by atoms with van der Waals surface area (Å²) in [6.45, 7) is 6.64. The third-order valence-corrected chi connectivity index (χ3v) is 6.34. The molecule has 11 heteroatoms. The van der Waals surface area contributed by atoms with E-state index in [0.29, 0.717) is 25.5 Å². The van der Waals surface area contributed by atoms with Crippen molar-refractivity contribution in [2.45, 2.75) is 63.9 Å². The molecule has 2 rings (SSSR count). The molecule has 0 amide bonds. The second kappa shape index (κ2) is 8.64. The first-order valence-electron chi connectivity index (χ1n) is 9.13. The Kier molecular flexibility index (Phi) is 6.91. The number of halogens is 3. The molecular weight excluding hydrogens is 395 g/mol. The molecule has 0 aromatic carbocycles. The van der Waals surface area contributed by atoms with Gasteiger partial charge in [-0.2, -0.15) is 13.2 Å². The van der Waals surface area contributed by atoms with Crippen LogP contribution in [0.15, 0.2) is 10.9 Å². The zero-order valence-electron chi connectivity index (χ0n) is 16.2. The Bertz CT molecular complexity index is 761. The number of hydrogen-bond acceptors (Lipinski definition) is 5. The van der Waals surface area contributed by atoms with Gasteiger partial charge in [0.1, 0.15) is 12.3 Å². The van der Waals surface area contributed by atoms with Crippen LogP contribution in [-0.4, -0.2) is 41.6 Å². The molecular formula is C17H26F3N3O4Si. The van der Waals surface area contributed by atoms with Gasteiger partial charge in [-0.3, -0.25) is 9.59 Å². The maximum Gasteiger partial charge on any atom is 0.420 e. The van der Waals surface area contributed by atoms with E-state index in [9.17, 15) is 22.8 Å². The van der Waals surface area contributed by atoms with Crippen LogP contribution >= 0.6 is 0 Å². The average Bonchev–Trinajstić information content (AvgIpc) is 3.00. The van der Waals surface area contributed by atoms with E-state index in [1.807, 2.05) is 0 Å². The standard InChI is InChI=1S/C17H26F3N3O4Si/c1-28(2,3)7-6-27-10-23-14(24)9-13(17(18,19)20)15(22-23)21-12-5-4-11(8-12)16(25)26/h9,11-12H,4-8,10H2,1-3H3,(H,21,22)(H,25,26)/t11-,12-/m0/s1. The third kappa shape index (κ3) is 6.33. The zero-order chi connectivity index (χ0) is 21.1. The Balaban J connectivity index is 2.17. The fourth-order valence-corrected chi connectivity index (χ4v) is 3.72. The summed E-state index contributed by atoms with van der Waals surface area (Å²) >= 11 is 0. The van der Waals surface area contributed by atoms with Gasteiger partial charge in [-0.05, 0) is 25.3 Å². The van der Waals surface area contributed by atoms with Crippen molar-refractivity contribution < 1.29 is 27.8 Å². The van der Waals surface area contributed by atoms with E-state index in [2.05, 4.69) is 30.1 Å². The van der Waals surface area contributed by atoms with Gasteiger partial charge in [0.05, 0.1) is 5.92 Å². The number of carboxylic acids is 1.